The summed E-state index contributed by atoms with van der Waals surface area (Å²) in [6.07, 6.45) is 1.44. The molecule has 4 aromatic carbocycles. The highest BCUT2D eigenvalue weighted by molar-refractivity contribution is 6.42. The standard InChI is InChI=1S/C29H22Cl2N2O5/c1-36-27-15-20(11-14-26(27)38-29(35)21-12-13-23(30)24(31)16-21)17-32-33-28(34)22-9-5-6-10-25(22)37-18-19-7-3-2-4-8-19/h2-17H,18H2,1H3,(H,33,34)/b32-17-. The lowest BCUT2D eigenvalue weighted by atomic mass is 10.2. The van der Waals surface area contributed by atoms with Crippen molar-refractivity contribution < 1.29 is 23.8 Å². The number of methoxy groups -OCH3 is 1. The largest absolute Gasteiger partial charge is 0.493 e. The van der Waals surface area contributed by atoms with Crippen LogP contribution in [0.4, 0.5) is 0 Å². The van der Waals surface area contributed by atoms with Crippen molar-refractivity contribution in [3.05, 3.63) is 123 Å². The van der Waals surface area contributed by atoms with Gasteiger partial charge in [0, 0.05) is 0 Å². The highest BCUT2D eigenvalue weighted by atomic mass is 35.5. The molecule has 0 atom stereocenters. The molecule has 0 aliphatic carbocycles. The molecule has 0 spiro atoms. The lowest BCUT2D eigenvalue weighted by Crippen LogP contribution is -2.18. The van der Waals surface area contributed by atoms with E-state index in [1.165, 1.54) is 31.5 Å². The number of para-hydroxylation sites is 1. The highest BCUT2D eigenvalue weighted by Crippen LogP contribution is 2.29. The minimum atomic E-state index is -0.622. The average Bonchev–Trinajstić information content (AvgIpc) is 2.94. The average molecular weight is 549 g/mol. The maximum atomic E-state index is 12.7. The molecule has 1 N–H and O–H groups in total. The molecule has 0 saturated carbocycles. The number of carbonyl (C=O) groups excluding carboxylic acids is 2. The van der Waals surface area contributed by atoms with Gasteiger partial charge in [0.25, 0.3) is 5.91 Å². The van der Waals surface area contributed by atoms with E-state index in [1.807, 2.05) is 30.3 Å². The number of ether oxygens (including phenoxy) is 3. The van der Waals surface area contributed by atoms with Crippen molar-refractivity contribution >= 4 is 41.3 Å². The fourth-order valence-electron chi connectivity index (χ4n) is 3.37. The predicted molar refractivity (Wildman–Crippen MR) is 147 cm³/mol. The number of hydrazone groups is 1. The van der Waals surface area contributed by atoms with Gasteiger partial charge < -0.3 is 14.2 Å². The number of hydrogen-bond donors (Lipinski definition) is 1. The summed E-state index contributed by atoms with van der Waals surface area (Å²) in [7, 11) is 1.45. The van der Waals surface area contributed by atoms with Crippen LogP contribution in [-0.4, -0.2) is 25.2 Å². The van der Waals surface area contributed by atoms with Crippen LogP contribution in [0.5, 0.6) is 17.2 Å². The van der Waals surface area contributed by atoms with Gasteiger partial charge >= 0.3 is 5.97 Å². The number of carbonyl (C=O) groups is 2. The molecule has 192 valence electrons. The monoisotopic (exact) mass is 548 g/mol. The predicted octanol–water partition coefficient (Wildman–Crippen LogP) is 6.56. The first kappa shape index (κ1) is 26.7. The van der Waals surface area contributed by atoms with Crippen molar-refractivity contribution in [2.75, 3.05) is 7.11 Å². The number of nitrogens with one attached hydrogen (secondary N) is 1. The van der Waals surface area contributed by atoms with E-state index in [-0.39, 0.29) is 16.3 Å². The summed E-state index contributed by atoms with van der Waals surface area (Å²) in [6, 6.07) is 25.9. The van der Waals surface area contributed by atoms with Gasteiger partial charge in [-0.3, -0.25) is 4.79 Å². The smallest absolute Gasteiger partial charge is 0.343 e. The summed E-state index contributed by atoms with van der Waals surface area (Å²) in [5.41, 5.74) is 4.68. The lowest BCUT2D eigenvalue weighted by molar-refractivity contribution is 0.0729. The van der Waals surface area contributed by atoms with Crippen LogP contribution >= 0.6 is 23.2 Å². The number of esters is 1. The second kappa shape index (κ2) is 12.8. The van der Waals surface area contributed by atoms with Gasteiger partial charge in [0.2, 0.25) is 0 Å². The van der Waals surface area contributed by atoms with Gasteiger partial charge in [0.05, 0.1) is 34.5 Å². The van der Waals surface area contributed by atoms with E-state index in [0.29, 0.717) is 34.3 Å². The molecule has 38 heavy (non-hydrogen) atoms. The van der Waals surface area contributed by atoms with Crippen LogP contribution in [0.25, 0.3) is 0 Å². The fourth-order valence-corrected chi connectivity index (χ4v) is 3.67. The van der Waals surface area contributed by atoms with Crippen LogP contribution in [0.1, 0.15) is 31.8 Å². The summed E-state index contributed by atoms with van der Waals surface area (Å²) in [6.45, 7) is 0.330. The fraction of sp³-hybridized carbons (Fsp3) is 0.0690. The van der Waals surface area contributed by atoms with E-state index in [9.17, 15) is 9.59 Å². The van der Waals surface area contributed by atoms with Gasteiger partial charge in [-0.2, -0.15) is 5.10 Å². The number of halogens is 2. The molecule has 0 saturated heterocycles. The van der Waals surface area contributed by atoms with Gasteiger partial charge in [-0.15, -0.1) is 0 Å². The van der Waals surface area contributed by atoms with Crippen molar-refractivity contribution in [1.82, 2.24) is 5.43 Å². The minimum Gasteiger partial charge on any atom is -0.493 e. The first-order valence-corrected chi connectivity index (χ1v) is 12.1. The van der Waals surface area contributed by atoms with Crippen molar-refractivity contribution in [3.63, 3.8) is 0 Å². The highest BCUT2D eigenvalue weighted by Gasteiger charge is 2.15. The van der Waals surface area contributed by atoms with Crippen molar-refractivity contribution in [3.8, 4) is 17.2 Å². The van der Waals surface area contributed by atoms with E-state index in [1.54, 1.807) is 42.5 Å². The number of nitrogens with zero attached hydrogens (tertiary/aromatic N) is 1. The summed E-state index contributed by atoms with van der Waals surface area (Å²) < 4.78 is 16.6. The Balaban J connectivity index is 1.40. The number of hydrogen-bond acceptors (Lipinski definition) is 6. The van der Waals surface area contributed by atoms with Crippen LogP contribution in [-0.2, 0) is 6.61 Å². The zero-order valence-corrected chi connectivity index (χ0v) is 21.7. The molecule has 0 aromatic heterocycles. The van der Waals surface area contributed by atoms with E-state index in [2.05, 4.69) is 10.5 Å². The zero-order chi connectivity index (χ0) is 26.9. The van der Waals surface area contributed by atoms with Crippen molar-refractivity contribution in [2.45, 2.75) is 6.61 Å². The molecule has 1 amide bonds. The third kappa shape index (κ3) is 6.91. The Bertz CT molecular complexity index is 1480. The molecule has 9 heteroatoms. The van der Waals surface area contributed by atoms with Crippen LogP contribution in [0, 0.1) is 0 Å². The molecule has 7 nitrogen and oxygen atoms in total. The molecule has 0 aliphatic heterocycles. The van der Waals surface area contributed by atoms with Crippen molar-refractivity contribution in [2.24, 2.45) is 5.10 Å². The molecule has 0 bridgehead atoms. The maximum Gasteiger partial charge on any atom is 0.343 e. The van der Waals surface area contributed by atoms with Crippen LogP contribution in [0.3, 0.4) is 0 Å². The van der Waals surface area contributed by atoms with E-state index < -0.39 is 11.9 Å². The summed E-state index contributed by atoms with van der Waals surface area (Å²) in [4.78, 5) is 25.2. The Labute approximate surface area is 229 Å². The van der Waals surface area contributed by atoms with E-state index >= 15 is 0 Å². The number of amides is 1. The lowest BCUT2D eigenvalue weighted by Gasteiger charge is -2.11. The maximum absolute atomic E-state index is 12.7. The van der Waals surface area contributed by atoms with Crippen LogP contribution < -0.4 is 19.6 Å². The minimum absolute atomic E-state index is 0.203. The van der Waals surface area contributed by atoms with Gasteiger partial charge in [-0.25, -0.2) is 10.2 Å². The first-order valence-electron chi connectivity index (χ1n) is 11.4. The molecule has 0 radical (unpaired) electrons. The molecular weight excluding hydrogens is 527 g/mol. The van der Waals surface area contributed by atoms with Gasteiger partial charge in [0.15, 0.2) is 11.5 Å². The second-order valence-electron chi connectivity index (χ2n) is 7.90. The SMILES string of the molecule is COc1cc(/C=N\NC(=O)c2ccccc2OCc2ccccc2)ccc1OC(=O)c1ccc(Cl)c(Cl)c1. The number of rotatable bonds is 9. The van der Waals surface area contributed by atoms with Gasteiger partial charge in [-0.05, 0) is 59.7 Å². The van der Waals surface area contributed by atoms with Crippen molar-refractivity contribution in [1.29, 1.82) is 0 Å². The van der Waals surface area contributed by atoms with E-state index in [0.717, 1.165) is 5.56 Å². The Hall–Kier alpha value is -4.33. The normalized spacial score (nSPS) is 10.7. The van der Waals surface area contributed by atoms with E-state index in [4.69, 9.17) is 37.4 Å². The summed E-state index contributed by atoms with van der Waals surface area (Å²) in [5, 5.41) is 4.61. The third-order valence-electron chi connectivity index (χ3n) is 5.29. The molecule has 0 aliphatic rings. The molecule has 4 aromatic rings. The van der Waals surface area contributed by atoms with Gasteiger partial charge in [-0.1, -0.05) is 65.7 Å². The molecule has 4 rings (SSSR count). The zero-order valence-electron chi connectivity index (χ0n) is 20.2. The Morgan fingerprint density at radius 1 is 0.842 bits per heavy atom. The third-order valence-corrected chi connectivity index (χ3v) is 6.03. The second-order valence-corrected chi connectivity index (χ2v) is 8.71. The molecule has 0 unspecified atom stereocenters. The summed E-state index contributed by atoms with van der Waals surface area (Å²) >= 11 is 11.9. The van der Waals surface area contributed by atoms with Crippen LogP contribution in [0.2, 0.25) is 10.0 Å². The molecule has 0 fully saturated rings. The Morgan fingerprint density at radius 2 is 1.61 bits per heavy atom. The summed E-state index contributed by atoms with van der Waals surface area (Å²) in [5.74, 6) is -0.103. The van der Waals surface area contributed by atoms with Gasteiger partial charge in [0.1, 0.15) is 12.4 Å². The Morgan fingerprint density at radius 3 is 2.37 bits per heavy atom. The first-order chi connectivity index (χ1) is 18.4. The number of benzene rings is 4. The van der Waals surface area contributed by atoms with Crippen LogP contribution in [0.15, 0.2) is 96.1 Å². The molecular formula is C29H22Cl2N2O5. The Kier molecular flexibility index (Phi) is 8.98. The topological polar surface area (TPSA) is 86.2 Å². The molecule has 0 heterocycles. The quantitative estimate of drug-likeness (QED) is 0.111.